The SMILES string of the molecule is COC1([N+](=O)[O-])C=C(NC(C)=O)C(Cl)=CC1. The lowest BCUT2D eigenvalue weighted by molar-refractivity contribution is -0.610. The Morgan fingerprint density at radius 1 is 1.75 bits per heavy atom. The van der Waals surface area contributed by atoms with Gasteiger partial charge in [-0.15, -0.1) is 0 Å². The molecule has 0 spiro atoms. The zero-order chi connectivity index (χ0) is 12.3. The monoisotopic (exact) mass is 246 g/mol. The van der Waals surface area contributed by atoms with Crippen molar-refractivity contribution in [3.05, 3.63) is 33.0 Å². The van der Waals surface area contributed by atoms with Crippen LogP contribution in [0, 0.1) is 10.1 Å². The second kappa shape index (κ2) is 4.63. The summed E-state index contributed by atoms with van der Waals surface area (Å²) in [5.74, 6) is -0.354. The predicted molar refractivity (Wildman–Crippen MR) is 57.2 cm³/mol. The van der Waals surface area contributed by atoms with Crippen molar-refractivity contribution in [2.45, 2.75) is 19.1 Å². The summed E-state index contributed by atoms with van der Waals surface area (Å²) in [6.45, 7) is 1.29. The molecule has 6 nitrogen and oxygen atoms in total. The Kier molecular flexibility index (Phi) is 3.66. The topological polar surface area (TPSA) is 81.5 Å². The summed E-state index contributed by atoms with van der Waals surface area (Å²) in [4.78, 5) is 21.2. The van der Waals surface area contributed by atoms with Crippen molar-refractivity contribution in [3.8, 4) is 0 Å². The number of rotatable bonds is 3. The van der Waals surface area contributed by atoms with Crippen LogP contribution in [-0.4, -0.2) is 23.7 Å². The lowest BCUT2D eigenvalue weighted by atomic mass is 10.0. The molecular formula is C9H11ClN2O4. The zero-order valence-corrected chi connectivity index (χ0v) is 9.58. The standard InChI is InChI=1S/C9H11ClN2O4/c1-6(13)11-8-5-9(16-2,12(14)15)4-3-7(8)10/h3,5H,4H2,1-2H3,(H,11,13). The molecule has 0 saturated heterocycles. The molecule has 0 aromatic rings. The fourth-order valence-electron chi connectivity index (χ4n) is 1.33. The number of allylic oxidation sites excluding steroid dienone is 1. The highest BCUT2D eigenvalue weighted by atomic mass is 35.5. The van der Waals surface area contributed by atoms with Crippen molar-refractivity contribution in [1.82, 2.24) is 5.32 Å². The number of hydrogen-bond donors (Lipinski definition) is 1. The van der Waals surface area contributed by atoms with Crippen LogP contribution in [0.3, 0.4) is 0 Å². The summed E-state index contributed by atoms with van der Waals surface area (Å²) in [6.07, 6.45) is 2.67. The molecule has 7 heteroatoms. The first-order valence-corrected chi connectivity index (χ1v) is 4.85. The van der Waals surface area contributed by atoms with Crippen LogP contribution in [0.1, 0.15) is 13.3 Å². The number of nitrogens with one attached hydrogen (secondary N) is 1. The van der Waals surface area contributed by atoms with E-state index >= 15 is 0 Å². The molecular weight excluding hydrogens is 236 g/mol. The number of nitro groups is 1. The molecule has 0 aromatic carbocycles. The molecule has 0 aromatic heterocycles. The van der Waals surface area contributed by atoms with Gasteiger partial charge >= 0.3 is 5.72 Å². The van der Waals surface area contributed by atoms with Crippen LogP contribution in [0.25, 0.3) is 0 Å². The highest BCUT2D eigenvalue weighted by molar-refractivity contribution is 6.32. The number of carbonyl (C=O) groups is 1. The lowest BCUT2D eigenvalue weighted by Gasteiger charge is -2.23. The number of methoxy groups -OCH3 is 1. The Hall–Kier alpha value is -1.40. The summed E-state index contributed by atoms with van der Waals surface area (Å²) >= 11 is 5.82. The first-order valence-electron chi connectivity index (χ1n) is 4.47. The fraction of sp³-hybridized carbons (Fsp3) is 0.444. The van der Waals surface area contributed by atoms with Crippen molar-refractivity contribution in [3.63, 3.8) is 0 Å². The van der Waals surface area contributed by atoms with Gasteiger partial charge in [0.1, 0.15) is 0 Å². The van der Waals surface area contributed by atoms with Crippen LogP contribution >= 0.6 is 11.6 Å². The average molecular weight is 247 g/mol. The maximum absolute atomic E-state index is 10.9. The first-order chi connectivity index (χ1) is 7.41. The number of amides is 1. The van der Waals surface area contributed by atoms with Crippen LogP contribution in [0.5, 0.6) is 0 Å². The lowest BCUT2D eigenvalue weighted by Crippen LogP contribution is -2.41. The van der Waals surface area contributed by atoms with Crippen LogP contribution < -0.4 is 5.32 Å². The summed E-state index contributed by atoms with van der Waals surface area (Å²) in [5, 5.41) is 13.6. The zero-order valence-electron chi connectivity index (χ0n) is 8.82. The van der Waals surface area contributed by atoms with Crippen LogP contribution in [0.15, 0.2) is 22.9 Å². The summed E-state index contributed by atoms with van der Waals surface area (Å²) < 4.78 is 4.87. The van der Waals surface area contributed by atoms with E-state index < -0.39 is 10.6 Å². The molecule has 0 radical (unpaired) electrons. The van der Waals surface area contributed by atoms with E-state index in [0.29, 0.717) is 0 Å². The number of hydrogen-bond acceptors (Lipinski definition) is 4. The van der Waals surface area contributed by atoms with Gasteiger partial charge in [-0.1, -0.05) is 17.7 Å². The first kappa shape index (κ1) is 12.7. The molecule has 1 unspecified atom stereocenters. The Morgan fingerprint density at radius 2 is 2.38 bits per heavy atom. The highest BCUT2D eigenvalue weighted by Gasteiger charge is 2.43. The second-order valence-electron chi connectivity index (χ2n) is 3.30. The largest absolute Gasteiger partial charge is 0.350 e. The molecule has 0 heterocycles. The fourth-order valence-corrected chi connectivity index (χ4v) is 1.51. The molecule has 1 aliphatic carbocycles. The molecule has 1 atom stereocenters. The third-order valence-corrected chi connectivity index (χ3v) is 2.53. The highest BCUT2D eigenvalue weighted by Crippen LogP contribution is 2.30. The molecule has 1 amide bonds. The van der Waals surface area contributed by atoms with E-state index in [2.05, 4.69) is 5.32 Å². The van der Waals surface area contributed by atoms with E-state index in [1.54, 1.807) is 0 Å². The van der Waals surface area contributed by atoms with Gasteiger partial charge in [0.15, 0.2) is 0 Å². The Morgan fingerprint density at radius 3 is 2.81 bits per heavy atom. The Labute approximate surface area is 97.1 Å². The minimum absolute atomic E-state index is 0.0262. The molecule has 0 bridgehead atoms. The van der Waals surface area contributed by atoms with Crippen molar-refractivity contribution in [2.75, 3.05) is 7.11 Å². The summed E-state index contributed by atoms with van der Waals surface area (Å²) in [7, 11) is 1.23. The van der Waals surface area contributed by atoms with Gasteiger partial charge in [-0.3, -0.25) is 14.9 Å². The van der Waals surface area contributed by atoms with Gasteiger partial charge in [0.05, 0.1) is 22.1 Å². The molecule has 1 N–H and O–H groups in total. The predicted octanol–water partition coefficient (Wildman–Crippen LogP) is 1.15. The van der Waals surface area contributed by atoms with E-state index in [1.165, 1.54) is 26.2 Å². The number of carbonyl (C=O) groups excluding carboxylic acids is 1. The van der Waals surface area contributed by atoms with Gasteiger partial charge < -0.3 is 10.1 Å². The van der Waals surface area contributed by atoms with E-state index in [9.17, 15) is 14.9 Å². The van der Waals surface area contributed by atoms with E-state index in [-0.39, 0.29) is 23.1 Å². The number of nitrogens with zero attached hydrogens (tertiary/aromatic N) is 1. The van der Waals surface area contributed by atoms with Gasteiger partial charge in [0, 0.05) is 20.1 Å². The van der Waals surface area contributed by atoms with Crippen molar-refractivity contribution in [1.29, 1.82) is 0 Å². The molecule has 88 valence electrons. The van der Waals surface area contributed by atoms with E-state index in [0.717, 1.165) is 0 Å². The maximum atomic E-state index is 10.9. The third kappa shape index (κ3) is 2.40. The van der Waals surface area contributed by atoms with E-state index in [4.69, 9.17) is 16.3 Å². The quantitative estimate of drug-likeness (QED) is 0.460. The third-order valence-electron chi connectivity index (χ3n) is 2.17. The minimum Gasteiger partial charge on any atom is -0.325 e. The van der Waals surface area contributed by atoms with Crippen LogP contribution in [0.2, 0.25) is 0 Å². The molecule has 0 saturated carbocycles. The Bertz CT molecular complexity index is 391. The normalized spacial score (nSPS) is 24.4. The maximum Gasteiger partial charge on any atom is 0.350 e. The van der Waals surface area contributed by atoms with Gasteiger partial charge in [-0.05, 0) is 0 Å². The van der Waals surface area contributed by atoms with Crippen LogP contribution in [0.4, 0.5) is 0 Å². The summed E-state index contributed by atoms with van der Waals surface area (Å²) in [6, 6.07) is 0. The minimum atomic E-state index is -1.66. The van der Waals surface area contributed by atoms with Crippen molar-refractivity contribution < 1.29 is 14.5 Å². The average Bonchev–Trinajstić information content (AvgIpc) is 2.20. The van der Waals surface area contributed by atoms with Crippen molar-refractivity contribution in [2.24, 2.45) is 0 Å². The Balaban J connectivity index is 3.07. The summed E-state index contributed by atoms with van der Waals surface area (Å²) in [5.41, 5.74) is -1.46. The van der Waals surface area contributed by atoms with Gasteiger partial charge in [-0.25, -0.2) is 0 Å². The molecule has 0 aliphatic heterocycles. The van der Waals surface area contributed by atoms with Crippen molar-refractivity contribution >= 4 is 17.5 Å². The van der Waals surface area contributed by atoms with Crippen LogP contribution in [-0.2, 0) is 9.53 Å². The van der Waals surface area contributed by atoms with Gasteiger partial charge in [0.2, 0.25) is 5.91 Å². The van der Waals surface area contributed by atoms with Gasteiger partial charge in [-0.2, -0.15) is 0 Å². The molecule has 16 heavy (non-hydrogen) atoms. The molecule has 1 rings (SSSR count). The second-order valence-corrected chi connectivity index (χ2v) is 3.71. The number of halogens is 1. The van der Waals surface area contributed by atoms with Gasteiger partial charge in [0.25, 0.3) is 0 Å². The van der Waals surface area contributed by atoms with E-state index in [1.807, 2.05) is 0 Å². The molecule has 0 fully saturated rings. The number of ether oxygens (including phenoxy) is 1. The smallest absolute Gasteiger partial charge is 0.325 e. The molecule has 1 aliphatic rings.